The highest BCUT2D eigenvalue weighted by Crippen LogP contribution is 2.72. The molecule has 0 aliphatic heterocycles. The van der Waals surface area contributed by atoms with Crippen molar-refractivity contribution < 1.29 is 19.1 Å². The van der Waals surface area contributed by atoms with Gasteiger partial charge >= 0.3 is 5.97 Å². The van der Waals surface area contributed by atoms with E-state index in [-0.39, 0.29) is 46.1 Å². The average molecular weight is 417 g/mol. The Morgan fingerprint density at radius 1 is 1.10 bits per heavy atom. The molecule has 3 fully saturated rings. The highest BCUT2D eigenvalue weighted by Gasteiger charge is 2.70. The van der Waals surface area contributed by atoms with E-state index >= 15 is 0 Å². The molecule has 5 aliphatic rings. The van der Waals surface area contributed by atoms with Crippen LogP contribution >= 0.6 is 11.6 Å². The quantitative estimate of drug-likeness (QED) is 0.617. The van der Waals surface area contributed by atoms with Crippen LogP contribution in [0, 0.1) is 40.4 Å². The van der Waals surface area contributed by atoms with Gasteiger partial charge in [-0.1, -0.05) is 31.5 Å². The highest BCUT2D eigenvalue weighted by molar-refractivity contribution is 6.32. The molecular formula is C24H29ClO4. The molecule has 156 valence electrons. The second-order valence-corrected chi connectivity index (χ2v) is 10.9. The summed E-state index contributed by atoms with van der Waals surface area (Å²) in [5.41, 5.74) is -0.455. The van der Waals surface area contributed by atoms with Crippen LogP contribution in [0.15, 0.2) is 22.8 Å². The van der Waals surface area contributed by atoms with Crippen LogP contribution in [0.25, 0.3) is 0 Å². The molecule has 5 aliphatic carbocycles. The van der Waals surface area contributed by atoms with Crippen molar-refractivity contribution in [1.82, 2.24) is 0 Å². The molecule has 8 atom stereocenters. The van der Waals surface area contributed by atoms with Gasteiger partial charge in [-0.2, -0.15) is 0 Å². The Morgan fingerprint density at radius 2 is 1.79 bits per heavy atom. The maximum Gasteiger partial charge on any atom is 0.303 e. The lowest BCUT2D eigenvalue weighted by atomic mass is 9.47. The Balaban J connectivity index is 1.60. The van der Waals surface area contributed by atoms with E-state index in [4.69, 9.17) is 16.3 Å². The van der Waals surface area contributed by atoms with Crippen LogP contribution in [0.1, 0.15) is 59.8 Å². The third kappa shape index (κ3) is 2.24. The third-order valence-electron chi connectivity index (χ3n) is 9.50. The molecule has 0 aromatic heterocycles. The molecule has 0 amide bonds. The van der Waals surface area contributed by atoms with Crippen LogP contribution in [0.4, 0.5) is 0 Å². The van der Waals surface area contributed by atoms with E-state index in [1.54, 1.807) is 6.92 Å². The zero-order valence-corrected chi connectivity index (χ0v) is 18.3. The van der Waals surface area contributed by atoms with E-state index < -0.39 is 5.60 Å². The molecule has 0 unspecified atom stereocenters. The fraction of sp³-hybridized carbons (Fsp3) is 0.708. The number of fused-ring (bicyclic) bond motifs is 7. The largest absolute Gasteiger partial charge is 0.451 e. The van der Waals surface area contributed by atoms with Crippen LogP contribution in [-0.4, -0.2) is 23.1 Å². The molecule has 29 heavy (non-hydrogen) atoms. The average Bonchev–Trinajstić information content (AvgIpc) is 3.39. The molecule has 5 heteroatoms. The van der Waals surface area contributed by atoms with E-state index in [2.05, 4.69) is 19.9 Å². The van der Waals surface area contributed by atoms with Crippen LogP contribution in [-0.2, 0) is 19.1 Å². The van der Waals surface area contributed by atoms with Gasteiger partial charge in [-0.15, -0.1) is 0 Å². The topological polar surface area (TPSA) is 60.4 Å². The minimum atomic E-state index is -1.03. The Labute approximate surface area is 177 Å². The van der Waals surface area contributed by atoms with E-state index in [9.17, 15) is 14.4 Å². The van der Waals surface area contributed by atoms with Crippen molar-refractivity contribution in [2.24, 2.45) is 40.4 Å². The van der Waals surface area contributed by atoms with Gasteiger partial charge in [0.15, 0.2) is 17.2 Å². The summed E-state index contributed by atoms with van der Waals surface area (Å²) in [6, 6.07) is 0. The van der Waals surface area contributed by atoms with E-state index in [1.807, 2.05) is 6.08 Å². The standard InChI is InChI=1S/C24H29ClO4/c1-12(26)24(29-13(2)27)8-6-16-14-10-20(25)19-11-21(28)15-9-18(15)23(19,4)17(14)5-7-22(16,24)3/h10-11,14-18H,5-9H2,1-4H3/t14-,15-,16-,17-,18+,22+,23+,24-/m1/s1. The number of Topliss-reactive ketones (excluding diaryl/α,β-unsaturated/α-hetero) is 1. The first-order valence-electron chi connectivity index (χ1n) is 10.9. The van der Waals surface area contributed by atoms with Crippen LogP contribution in [0.3, 0.4) is 0 Å². The SMILES string of the molecule is CC(=O)O[C@@]1(C(C)=O)CC[C@@H]2[C@H]3C=C(Cl)C4=CC(=O)[C@@H]5C[C@@H]5[C@]4(C)[C@@H]3CC[C@@]21C. The van der Waals surface area contributed by atoms with Gasteiger partial charge in [-0.3, -0.25) is 14.4 Å². The monoisotopic (exact) mass is 416 g/mol. The van der Waals surface area contributed by atoms with Crippen molar-refractivity contribution in [3.8, 4) is 0 Å². The van der Waals surface area contributed by atoms with Crippen molar-refractivity contribution in [1.29, 1.82) is 0 Å². The van der Waals surface area contributed by atoms with Crippen molar-refractivity contribution in [3.05, 3.63) is 22.8 Å². The number of ketones is 2. The second kappa shape index (κ2) is 5.84. The molecule has 0 aromatic rings. The minimum Gasteiger partial charge on any atom is -0.451 e. The molecule has 0 radical (unpaired) electrons. The third-order valence-corrected chi connectivity index (χ3v) is 9.83. The van der Waals surface area contributed by atoms with Gasteiger partial charge in [0.25, 0.3) is 0 Å². The predicted molar refractivity (Wildman–Crippen MR) is 109 cm³/mol. The molecule has 5 rings (SSSR count). The van der Waals surface area contributed by atoms with Gasteiger partial charge in [0.2, 0.25) is 0 Å². The molecule has 4 nitrogen and oxygen atoms in total. The van der Waals surface area contributed by atoms with Crippen LogP contribution < -0.4 is 0 Å². The lowest BCUT2D eigenvalue weighted by molar-refractivity contribution is -0.185. The molecule has 0 heterocycles. The summed E-state index contributed by atoms with van der Waals surface area (Å²) >= 11 is 6.79. The van der Waals surface area contributed by atoms with Crippen LogP contribution in [0.2, 0.25) is 0 Å². The summed E-state index contributed by atoms with van der Waals surface area (Å²) in [4.78, 5) is 37.1. The number of esters is 1. The minimum absolute atomic E-state index is 0.0423. The number of rotatable bonds is 2. The molecule has 3 saturated carbocycles. The number of carbonyl (C=O) groups is 3. The van der Waals surface area contributed by atoms with Crippen molar-refractivity contribution in [2.75, 3.05) is 0 Å². The van der Waals surface area contributed by atoms with Crippen molar-refractivity contribution in [3.63, 3.8) is 0 Å². The first-order valence-corrected chi connectivity index (χ1v) is 11.3. The lowest BCUT2D eigenvalue weighted by Crippen LogP contribution is -2.58. The smallest absolute Gasteiger partial charge is 0.303 e. The van der Waals surface area contributed by atoms with Gasteiger partial charge < -0.3 is 4.74 Å². The highest BCUT2D eigenvalue weighted by atomic mass is 35.5. The Hall–Kier alpha value is -1.42. The summed E-state index contributed by atoms with van der Waals surface area (Å²) in [6.45, 7) is 7.42. The Bertz CT molecular complexity index is 903. The number of hydrogen-bond acceptors (Lipinski definition) is 4. The fourth-order valence-corrected chi connectivity index (χ4v) is 8.43. The fourth-order valence-electron chi connectivity index (χ4n) is 8.03. The Kier molecular flexibility index (Phi) is 3.93. The molecule has 0 N–H and O–H groups in total. The second-order valence-electron chi connectivity index (χ2n) is 10.5. The van der Waals surface area contributed by atoms with E-state index in [1.165, 1.54) is 6.92 Å². The normalized spacial score (nSPS) is 49.7. The van der Waals surface area contributed by atoms with Gasteiger partial charge in [-0.05, 0) is 74.3 Å². The van der Waals surface area contributed by atoms with E-state index in [0.717, 1.165) is 31.3 Å². The van der Waals surface area contributed by atoms with Crippen molar-refractivity contribution in [2.45, 2.75) is 65.4 Å². The van der Waals surface area contributed by atoms with E-state index in [0.29, 0.717) is 23.3 Å². The number of halogens is 1. The molecule has 0 aromatic carbocycles. The first kappa shape index (κ1) is 19.5. The summed E-state index contributed by atoms with van der Waals surface area (Å²) in [7, 11) is 0. The summed E-state index contributed by atoms with van der Waals surface area (Å²) in [6.07, 6.45) is 8.18. The molecule has 0 saturated heterocycles. The van der Waals surface area contributed by atoms with Gasteiger partial charge in [-0.25, -0.2) is 0 Å². The predicted octanol–water partition coefficient (Wildman–Crippen LogP) is 4.61. The van der Waals surface area contributed by atoms with Crippen LogP contribution in [0.5, 0.6) is 0 Å². The maximum atomic E-state index is 12.8. The molecule has 0 spiro atoms. The van der Waals surface area contributed by atoms with Gasteiger partial charge in [0.05, 0.1) is 0 Å². The number of hydrogen-bond donors (Lipinski definition) is 0. The number of allylic oxidation sites excluding steroid dienone is 4. The summed E-state index contributed by atoms with van der Waals surface area (Å²) in [5, 5.41) is 0.713. The van der Waals surface area contributed by atoms with Gasteiger partial charge in [0, 0.05) is 28.7 Å². The number of ether oxygens (including phenoxy) is 1. The Morgan fingerprint density at radius 3 is 2.45 bits per heavy atom. The molecular weight excluding hydrogens is 388 g/mol. The zero-order chi connectivity index (χ0) is 20.9. The maximum absolute atomic E-state index is 12.8. The van der Waals surface area contributed by atoms with Crippen molar-refractivity contribution >= 4 is 29.1 Å². The number of carbonyl (C=O) groups excluding carboxylic acids is 3. The molecule has 0 bridgehead atoms. The summed E-state index contributed by atoms with van der Waals surface area (Å²) in [5.74, 6) is 1.27. The summed E-state index contributed by atoms with van der Waals surface area (Å²) < 4.78 is 5.82. The first-order chi connectivity index (χ1) is 13.6. The van der Waals surface area contributed by atoms with Gasteiger partial charge in [0.1, 0.15) is 0 Å². The lowest BCUT2D eigenvalue weighted by Gasteiger charge is -2.57. The zero-order valence-electron chi connectivity index (χ0n) is 17.6.